The quantitative estimate of drug-likeness (QED) is 0.385. The number of carbonyl (C=O) groups is 1. The highest BCUT2D eigenvalue weighted by Gasteiger charge is 2.20. The van der Waals surface area contributed by atoms with Gasteiger partial charge in [0.1, 0.15) is 10.1 Å². The summed E-state index contributed by atoms with van der Waals surface area (Å²) in [5.74, 6) is -0.299. The minimum Gasteiger partial charge on any atom is -0.465 e. The molecule has 0 saturated carbocycles. The van der Waals surface area contributed by atoms with Crippen molar-refractivity contribution in [3.05, 3.63) is 45.6 Å². The number of hydrogen-bond acceptors (Lipinski definition) is 6. The molecule has 1 N–H and O–H groups in total. The molecule has 0 spiro atoms. The zero-order valence-corrected chi connectivity index (χ0v) is 16.5. The highest BCUT2D eigenvalue weighted by atomic mass is 32.2. The Hall–Kier alpha value is -2.12. The molecule has 0 fully saturated rings. The van der Waals surface area contributed by atoms with Gasteiger partial charge in [0.05, 0.1) is 12.0 Å². The second kappa shape index (κ2) is 8.05. The molecule has 0 amide bonds. The summed E-state index contributed by atoms with van der Waals surface area (Å²) in [6, 6.07) is 9.83. The number of nitrogens with one attached hydrogen (secondary N) is 1. The standard InChI is InChI=1S/C19H20N2O3S2/c1-4-10-24-18(23)12(3)26-19-20-16(22)15-14(11(2)25-17(15)21-19)13-8-6-5-7-9-13/h5-9,12H,4,10H2,1-3H3,(H,20,21,22). The average molecular weight is 389 g/mol. The van der Waals surface area contributed by atoms with E-state index in [4.69, 9.17) is 4.74 Å². The van der Waals surface area contributed by atoms with Crippen LogP contribution in [0.3, 0.4) is 0 Å². The Balaban J connectivity index is 1.95. The summed E-state index contributed by atoms with van der Waals surface area (Å²) in [5.41, 5.74) is 1.74. The van der Waals surface area contributed by atoms with E-state index >= 15 is 0 Å². The number of benzene rings is 1. The molecule has 7 heteroatoms. The third kappa shape index (κ3) is 3.83. The molecule has 0 radical (unpaired) electrons. The lowest BCUT2D eigenvalue weighted by Crippen LogP contribution is -2.18. The van der Waals surface area contributed by atoms with Crippen molar-refractivity contribution in [2.75, 3.05) is 6.61 Å². The van der Waals surface area contributed by atoms with Gasteiger partial charge in [-0.15, -0.1) is 11.3 Å². The number of aromatic amines is 1. The Bertz CT molecular complexity index is 980. The third-order valence-electron chi connectivity index (χ3n) is 3.85. The zero-order valence-electron chi connectivity index (χ0n) is 14.9. The number of aryl methyl sites for hydroxylation is 1. The van der Waals surface area contributed by atoms with Gasteiger partial charge in [-0.05, 0) is 25.8 Å². The van der Waals surface area contributed by atoms with Gasteiger partial charge >= 0.3 is 5.97 Å². The minimum atomic E-state index is -0.434. The minimum absolute atomic E-state index is 0.185. The fraction of sp³-hybridized carbons (Fsp3) is 0.316. The van der Waals surface area contributed by atoms with Crippen LogP contribution in [0.2, 0.25) is 0 Å². The van der Waals surface area contributed by atoms with E-state index in [1.807, 2.05) is 44.2 Å². The Morgan fingerprint density at radius 3 is 2.77 bits per heavy atom. The maximum absolute atomic E-state index is 12.7. The largest absolute Gasteiger partial charge is 0.465 e. The number of rotatable bonds is 6. The summed E-state index contributed by atoms with van der Waals surface area (Å²) in [7, 11) is 0. The molecule has 5 nitrogen and oxygen atoms in total. The van der Waals surface area contributed by atoms with Crippen molar-refractivity contribution >= 4 is 39.3 Å². The van der Waals surface area contributed by atoms with Gasteiger partial charge in [0.15, 0.2) is 5.16 Å². The van der Waals surface area contributed by atoms with E-state index in [1.165, 1.54) is 23.1 Å². The highest BCUT2D eigenvalue weighted by Crippen LogP contribution is 2.36. The topological polar surface area (TPSA) is 72.0 Å². The summed E-state index contributed by atoms with van der Waals surface area (Å²) in [5, 5.41) is 0.602. The summed E-state index contributed by atoms with van der Waals surface area (Å²) in [6.07, 6.45) is 0.779. The number of aromatic nitrogens is 2. The molecule has 0 aliphatic heterocycles. The molecule has 26 heavy (non-hydrogen) atoms. The molecular weight excluding hydrogens is 368 g/mol. The maximum Gasteiger partial charge on any atom is 0.319 e. The molecule has 0 aliphatic carbocycles. The number of ether oxygens (including phenoxy) is 1. The first-order valence-corrected chi connectivity index (χ1v) is 10.1. The van der Waals surface area contributed by atoms with Crippen molar-refractivity contribution in [2.24, 2.45) is 0 Å². The predicted molar refractivity (Wildman–Crippen MR) is 107 cm³/mol. The van der Waals surface area contributed by atoms with Crippen LogP contribution >= 0.6 is 23.1 Å². The van der Waals surface area contributed by atoms with E-state index in [9.17, 15) is 9.59 Å². The SMILES string of the molecule is CCCOC(=O)C(C)Sc1nc2sc(C)c(-c3ccccc3)c2c(=O)[nH]1. The summed E-state index contributed by atoms with van der Waals surface area (Å²) >= 11 is 2.70. The van der Waals surface area contributed by atoms with E-state index < -0.39 is 5.25 Å². The van der Waals surface area contributed by atoms with E-state index in [0.29, 0.717) is 22.0 Å². The van der Waals surface area contributed by atoms with Crippen LogP contribution in [0.1, 0.15) is 25.1 Å². The molecule has 2 aromatic heterocycles. The molecular formula is C19H20N2O3S2. The number of esters is 1. The number of nitrogens with zero attached hydrogens (tertiary/aromatic N) is 1. The van der Waals surface area contributed by atoms with Gasteiger partial charge in [-0.25, -0.2) is 4.98 Å². The maximum atomic E-state index is 12.7. The normalized spacial score (nSPS) is 12.3. The van der Waals surface area contributed by atoms with E-state index in [2.05, 4.69) is 9.97 Å². The van der Waals surface area contributed by atoms with Gasteiger partial charge in [-0.3, -0.25) is 9.59 Å². The molecule has 136 valence electrons. The van der Waals surface area contributed by atoms with Crippen LogP contribution in [-0.4, -0.2) is 27.8 Å². The van der Waals surface area contributed by atoms with Crippen molar-refractivity contribution < 1.29 is 9.53 Å². The zero-order chi connectivity index (χ0) is 18.7. The van der Waals surface area contributed by atoms with Crippen LogP contribution < -0.4 is 5.56 Å². The second-order valence-corrected chi connectivity index (χ2v) is 8.41. The Kier molecular flexibility index (Phi) is 5.78. The second-order valence-electron chi connectivity index (χ2n) is 5.88. The number of thioether (sulfide) groups is 1. The number of thiophene rings is 1. The van der Waals surface area contributed by atoms with Crippen LogP contribution in [0.25, 0.3) is 21.3 Å². The molecule has 0 saturated heterocycles. The van der Waals surface area contributed by atoms with Crippen molar-refractivity contribution in [1.29, 1.82) is 0 Å². The fourth-order valence-electron chi connectivity index (χ4n) is 2.64. The third-order valence-corrected chi connectivity index (χ3v) is 5.81. The van der Waals surface area contributed by atoms with Crippen LogP contribution in [0.4, 0.5) is 0 Å². The number of carbonyl (C=O) groups excluding carboxylic acids is 1. The number of H-pyrrole nitrogens is 1. The molecule has 0 aliphatic rings. The van der Waals surface area contributed by atoms with Crippen molar-refractivity contribution in [3.8, 4) is 11.1 Å². The van der Waals surface area contributed by atoms with Crippen LogP contribution in [-0.2, 0) is 9.53 Å². The van der Waals surface area contributed by atoms with Gasteiger partial charge < -0.3 is 9.72 Å². The molecule has 3 aromatic rings. The first-order chi connectivity index (χ1) is 12.5. The van der Waals surface area contributed by atoms with Crippen LogP contribution in [0.15, 0.2) is 40.3 Å². The molecule has 3 rings (SSSR count). The van der Waals surface area contributed by atoms with Crippen molar-refractivity contribution in [2.45, 2.75) is 37.6 Å². The lowest BCUT2D eigenvalue weighted by Gasteiger charge is -2.10. The van der Waals surface area contributed by atoms with Gasteiger partial charge in [-0.2, -0.15) is 0 Å². The molecule has 0 bridgehead atoms. The van der Waals surface area contributed by atoms with Crippen molar-refractivity contribution in [3.63, 3.8) is 0 Å². The van der Waals surface area contributed by atoms with Crippen molar-refractivity contribution in [1.82, 2.24) is 9.97 Å². The predicted octanol–water partition coefficient (Wildman–Crippen LogP) is 4.39. The van der Waals surface area contributed by atoms with E-state index in [-0.39, 0.29) is 11.5 Å². The number of hydrogen-bond donors (Lipinski definition) is 1. The van der Waals surface area contributed by atoms with Gasteiger partial charge in [0, 0.05) is 10.4 Å². The lowest BCUT2D eigenvalue weighted by atomic mass is 10.0. The van der Waals surface area contributed by atoms with E-state index in [1.54, 1.807) is 6.92 Å². The van der Waals surface area contributed by atoms with Gasteiger partial charge in [0.25, 0.3) is 5.56 Å². The summed E-state index contributed by atoms with van der Waals surface area (Å²) in [4.78, 5) is 33.7. The Morgan fingerprint density at radius 2 is 2.08 bits per heavy atom. The van der Waals surface area contributed by atoms with Gasteiger partial charge in [0.2, 0.25) is 0 Å². The highest BCUT2D eigenvalue weighted by molar-refractivity contribution is 8.00. The summed E-state index contributed by atoms with van der Waals surface area (Å²) < 4.78 is 5.15. The smallest absolute Gasteiger partial charge is 0.319 e. The molecule has 2 heterocycles. The first kappa shape index (κ1) is 18.7. The molecule has 1 atom stereocenters. The fourth-order valence-corrected chi connectivity index (χ4v) is 4.54. The monoisotopic (exact) mass is 388 g/mol. The summed E-state index contributed by atoms with van der Waals surface area (Å²) in [6.45, 7) is 6.09. The number of fused-ring (bicyclic) bond motifs is 1. The average Bonchev–Trinajstić information content (AvgIpc) is 2.96. The molecule has 1 aromatic carbocycles. The first-order valence-electron chi connectivity index (χ1n) is 8.43. The van der Waals surface area contributed by atoms with E-state index in [0.717, 1.165) is 22.4 Å². The van der Waals surface area contributed by atoms with Crippen LogP contribution in [0.5, 0.6) is 0 Å². The van der Waals surface area contributed by atoms with Gasteiger partial charge in [-0.1, -0.05) is 49.0 Å². The lowest BCUT2D eigenvalue weighted by molar-refractivity contribution is -0.142. The van der Waals surface area contributed by atoms with Crippen LogP contribution in [0, 0.1) is 6.92 Å². The molecule has 1 unspecified atom stereocenters. The Labute approximate surface area is 159 Å². The Morgan fingerprint density at radius 1 is 1.35 bits per heavy atom.